The number of aryl methyl sites for hydroxylation is 3. The molecule has 22 heavy (non-hydrogen) atoms. The fraction of sp³-hybridized carbons (Fsp3) is 0.471. The zero-order chi connectivity index (χ0) is 15.4. The molecule has 114 valence electrons. The van der Waals surface area contributed by atoms with E-state index in [1.54, 1.807) is 0 Å². The summed E-state index contributed by atoms with van der Waals surface area (Å²) >= 11 is 0. The van der Waals surface area contributed by atoms with Crippen LogP contribution in [0.4, 0.5) is 5.88 Å². The van der Waals surface area contributed by atoms with Crippen LogP contribution in [0.25, 0.3) is 0 Å². The lowest BCUT2D eigenvalue weighted by Gasteiger charge is -2.18. The first-order valence-electron chi connectivity index (χ1n) is 7.80. The number of rotatable bonds is 5. The Hall–Kier alpha value is -2.35. The van der Waals surface area contributed by atoms with Crippen LogP contribution in [-0.4, -0.2) is 22.6 Å². The molecule has 1 aliphatic rings. The van der Waals surface area contributed by atoms with Gasteiger partial charge in [-0.1, -0.05) is 6.07 Å². The van der Waals surface area contributed by atoms with E-state index in [1.807, 2.05) is 36.2 Å². The van der Waals surface area contributed by atoms with Crippen LogP contribution >= 0.6 is 0 Å². The molecule has 1 fully saturated rings. The van der Waals surface area contributed by atoms with Gasteiger partial charge in [0.1, 0.15) is 11.7 Å². The highest BCUT2D eigenvalue weighted by atomic mass is 16.4. The normalized spacial score (nSPS) is 17.6. The fourth-order valence-electron chi connectivity index (χ4n) is 2.93. The Balaban J connectivity index is 1.62. The summed E-state index contributed by atoms with van der Waals surface area (Å²) in [7, 11) is 0. The van der Waals surface area contributed by atoms with Crippen LogP contribution in [0.5, 0.6) is 0 Å². The van der Waals surface area contributed by atoms with Crippen LogP contribution in [0.3, 0.4) is 0 Å². The standard InChI is InChI=1S/C17H20N4O/c1-13-17(21-11-5-8-15(21)12-18)22-16(20-13)9-4-7-14-6-2-3-10-19-14/h2-3,6,10,15H,4-5,7-9,11H2,1H3/t15-/m0/s1. The molecule has 1 atom stereocenters. The summed E-state index contributed by atoms with van der Waals surface area (Å²) in [4.78, 5) is 10.9. The molecule has 0 unspecified atom stereocenters. The van der Waals surface area contributed by atoms with E-state index < -0.39 is 0 Å². The highest BCUT2D eigenvalue weighted by molar-refractivity contribution is 5.44. The van der Waals surface area contributed by atoms with Crippen molar-refractivity contribution in [2.75, 3.05) is 11.4 Å². The maximum atomic E-state index is 9.20. The van der Waals surface area contributed by atoms with Gasteiger partial charge in [0.05, 0.1) is 6.07 Å². The second-order valence-electron chi connectivity index (χ2n) is 5.65. The fourth-order valence-corrected chi connectivity index (χ4v) is 2.93. The molecule has 0 radical (unpaired) electrons. The summed E-state index contributed by atoms with van der Waals surface area (Å²) < 4.78 is 5.91. The van der Waals surface area contributed by atoms with Crippen LogP contribution in [0.15, 0.2) is 28.8 Å². The lowest BCUT2D eigenvalue weighted by Crippen LogP contribution is -2.27. The van der Waals surface area contributed by atoms with E-state index in [9.17, 15) is 5.26 Å². The van der Waals surface area contributed by atoms with Crippen molar-refractivity contribution >= 4 is 5.88 Å². The molecule has 0 aromatic carbocycles. The van der Waals surface area contributed by atoms with Crippen LogP contribution < -0.4 is 4.90 Å². The van der Waals surface area contributed by atoms with Gasteiger partial charge in [-0.25, -0.2) is 4.98 Å². The smallest absolute Gasteiger partial charge is 0.220 e. The molecule has 2 aromatic rings. The van der Waals surface area contributed by atoms with Gasteiger partial charge < -0.3 is 9.32 Å². The highest BCUT2D eigenvalue weighted by Gasteiger charge is 2.28. The summed E-state index contributed by atoms with van der Waals surface area (Å²) in [5.74, 6) is 1.53. The van der Waals surface area contributed by atoms with Gasteiger partial charge in [0.25, 0.3) is 0 Å². The van der Waals surface area contributed by atoms with E-state index in [4.69, 9.17) is 4.42 Å². The maximum absolute atomic E-state index is 9.20. The van der Waals surface area contributed by atoms with Crippen molar-refractivity contribution in [3.8, 4) is 6.07 Å². The molecular formula is C17H20N4O. The number of aromatic nitrogens is 2. The monoisotopic (exact) mass is 296 g/mol. The Kier molecular flexibility index (Phi) is 4.38. The predicted molar refractivity (Wildman–Crippen MR) is 83.5 cm³/mol. The Morgan fingerprint density at radius 1 is 1.41 bits per heavy atom. The number of hydrogen-bond acceptors (Lipinski definition) is 5. The number of nitrogens with zero attached hydrogens (tertiary/aromatic N) is 4. The van der Waals surface area contributed by atoms with E-state index in [0.29, 0.717) is 0 Å². The topological polar surface area (TPSA) is 66.0 Å². The molecule has 2 aromatic heterocycles. The zero-order valence-corrected chi connectivity index (χ0v) is 12.8. The number of hydrogen-bond donors (Lipinski definition) is 0. The third kappa shape index (κ3) is 3.11. The average Bonchev–Trinajstić information content (AvgIpc) is 3.14. The molecule has 0 N–H and O–H groups in total. The summed E-state index contributed by atoms with van der Waals surface area (Å²) in [6.07, 6.45) is 6.43. The van der Waals surface area contributed by atoms with Crippen molar-refractivity contribution in [3.05, 3.63) is 41.7 Å². The molecular weight excluding hydrogens is 276 g/mol. The van der Waals surface area contributed by atoms with Gasteiger partial charge in [-0.3, -0.25) is 4.98 Å². The number of nitriles is 1. The molecule has 1 aliphatic heterocycles. The van der Waals surface area contributed by atoms with E-state index >= 15 is 0 Å². The third-order valence-electron chi connectivity index (χ3n) is 4.03. The minimum Gasteiger partial charge on any atom is -0.425 e. The molecule has 3 heterocycles. The van der Waals surface area contributed by atoms with Gasteiger partial charge in [-0.15, -0.1) is 0 Å². The minimum atomic E-state index is -0.0759. The zero-order valence-electron chi connectivity index (χ0n) is 12.8. The van der Waals surface area contributed by atoms with Gasteiger partial charge in [-0.05, 0) is 44.7 Å². The Morgan fingerprint density at radius 3 is 3.09 bits per heavy atom. The van der Waals surface area contributed by atoms with Crippen LogP contribution in [0.2, 0.25) is 0 Å². The van der Waals surface area contributed by atoms with Gasteiger partial charge in [0.2, 0.25) is 5.88 Å². The van der Waals surface area contributed by atoms with E-state index in [1.165, 1.54) is 0 Å². The SMILES string of the molecule is Cc1nc(CCCc2ccccn2)oc1N1CCC[C@H]1C#N. The van der Waals surface area contributed by atoms with Gasteiger partial charge in [0.15, 0.2) is 5.89 Å². The second-order valence-corrected chi connectivity index (χ2v) is 5.65. The first kappa shape index (κ1) is 14.6. The summed E-state index contributed by atoms with van der Waals surface area (Å²) in [6, 6.07) is 8.23. The number of oxazole rings is 1. The molecule has 0 spiro atoms. The van der Waals surface area contributed by atoms with Crippen molar-refractivity contribution < 1.29 is 4.42 Å². The summed E-state index contributed by atoms with van der Waals surface area (Å²) in [6.45, 7) is 2.83. The first-order valence-corrected chi connectivity index (χ1v) is 7.80. The largest absolute Gasteiger partial charge is 0.425 e. The highest BCUT2D eigenvalue weighted by Crippen LogP contribution is 2.29. The van der Waals surface area contributed by atoms with Crippen molar-refractivity contribution in [2.45, 2.75) is 45.1 Å². The van der Waals surface area contributed by atoms with E-state index in [-0.39, 0.29) is 6.04 Å². The molecule has 0 aliphatic carbocycles. The van der Waals surface area contributed by atoms with Crippen molar-refractivity contribution in [2.24, 2.45) is 0 Å². The lowest BCUT2D eigenvalue weighted by molar-refractivity contribution is 0.479. The average molecular weight is 296 g/mol. The Labute approximate surface area is 130 Å². The maximum Gasteiger partial charge on any atom is 0.220 e. The van der Waals surface area contributed by atoms with Crippen LogP contribution in [0, 0.1) is 18.3 Å². The molecule has 3 rings (SSSR count). The van der Waals surface area contributed by atoms with Crippen LogP contribution in [-0.2, 0) is 12.8 Å². The number of pyridine rings is 1. The Bertz CT molecular complexity index is 659. The molecule has 5 nitrogen and oxygen atoms in total. The van der Waals surface area contributed by atoms with E-state index in [0.717, 1.165) is 61.8 Å². The summed E-state index contributed by atoms with van der Waals surface area (Å²) in [5, 5.41) is 9.20. The van der Waals surface area contributed by atoms with Crippen LogP contribution in [0.1, 0.15) is 36.5 Å². The van der Waals surface area contributed by atoms with E-state index in [2.05, 4.69) is 16.0 Å². The quantitative estimate of drug-likeness (QED) is 0.848. The molecule has 5 heteroatoms. The van der Waals surface area contributed by atoms with Crippen molar-refractivity contribution in [1.29, 1.82) is 5.26 Å². The van der Waals surface area contributed by atoms with Gasteiger partial charge in [0, 0.05) is 24.9 Å². The van der Waals surface area contributed by atoms with Crippen molar-refractivity contribution in [3.63, 3.8) is 0 Å². The molecule has 0 saturated carbocycles. The van der Waals surface area contributed by atoms with Gasteiger partial charge >= 0.3 is 0 Å². The molecule has 0 amide bonds. The molecule has 0 bridgehead atoms. The van der Waals surface area contributed by atoms with Gasteiger partial charge in [-0.2, -0.15) is 5.26 Å². The third-order valence-corrected chi connectivity index (χ3v) is 4.03. The lowest BCUT2D eigenvalue weighted by atomic mass is 10.2. The first-order chi connectivity index (χ1) is 10.8. The number of anilines is 1. The van der Waals surface area contributed by atoms with Crippen molar-refractivity contribution in [1.82, 2.24) is 9.97 Å². The minimum absolute atomic E-state index is 0.0759. The Morgan fingerprint density at radius 2 is 2.32 bits per heavy atom. The second kappa shape index (κ2) is 6.61. The summed E-state index contributed by atoms with van der Waals surface area (Å²) in [5.41, 5.74) is 1.98. The molecule has 1 saturated heterocycles. The predicted octanol–water partition coefficient (Wildman–Crippen LogP) is 3.05.